The van der Waals surface area contributed by atoms with E-state index in [0.717, 1.165) is 64.2 Å². The molecule has 0 aromatic heterocycles. The molecule has 1 aliphatic heterocycles. The van der Waals surface area contributed by atoms with Crippen LogP contribution in [0.5, 0.6) is 0 Å². The lowest BCUT2D eigenvalue weighted by Crippen LogP contribution is -2.61. The Kier molecular flexibility index (Phi) is 47.6. The SMILES string of the molecule is CCCCCCCCCCCCCCCCCCCC(=O)OCC(COC1OC(C(=O)O)C(O)C(O)C1OC(=O)CCCCCCCCCCC)OC(=O)CCCCCCCCCCCCCCCCCCC. The molecule has 0 aromatic rings. The lowest BCUT2D eigenvalue weighted by atomic mass is 9.98. The fourth-order valence-electron chi connectivity index (χ4n) is 9.90. The third kappa shape index (κ3) is 40.6. The van der Waals surface area contributed by atoms with Gasteiger partial charge in [0, 0.05) is 19.3 Å². The highest BCUT2D eigenvalue weighted by Crippen LogP contribution is 2.27. The molecule has 0 aliphatic carbocycles. The van der Waals surface area contributed by atoms with Crippen LogP contribution in [0.25, 0.3) is 0 Å². The summed E-state index contributed by atoms with van der Waals surface area (Å²) in [7, 11) is 0. The van der Waals surface area contributed by atoms with Crippen molar-refractivity contribution in [2.24, 2.45) is 0 Å². The highest BCUT2D eigenvalue weighted by atomic mass is 16.7. The van der Waals surface area contributed by atoms with Crippen LogP contribution in [-0.2, 0) is 42.9 Å². The minimum absolute atomic E-state index is 0.0687. The van der Waals surface area contributed by atoms with Crippen LogP contribution < -0.4 is 0 Å². The predicted molar refractivity (Wildman–Crippen MR) is 294 cm³/mol. The summed E-state index contributed by atoms with van der Waals surface area (Å²) in [4.78, 5) is 51.1. The summed E-state index contributed by atoms with van der Waals surface area (Å²) in [6.45, 7) is 6.02. The van der Waals surface area contributed by atoms with Crippen molar-refractivity contribution in [2.75, 3.05) is 13.2 Å². The Labute approximate surface area is 446 Å². The first kappa shape index (κ1) is 68.7. The van der Waals surface area contributed by atoms with Crippen LogP contribution in [-0.4, -0.2) is 89.2 Å². The molecular weight excluding hydrogens is 925 g/mol. The molecule has 0 bridgehead atoms. The number of ether oxygens (including phenoxy) is 5. The molecule has 0 aromatic carbocycles. The molecule has 6 atom stereocenters. The molecule has 12 heteroatoms. The van der Waals surface area contributed by atoms with E-state index in [9.17, 15) is 34.5 Å². The van der Waals surface area contributed by atoms with Crippen molar-refractivity contribution in [3.05, 3.63) is 0 Å². The number of carboxylic acid groups (broad SMARTS) is 1. The number of hydrogen-bond donors (Lipinski definition) is 3. The van der Waals surface area contributed by atoms with Crippen LogP contribution in [0.1, 0.15) is 316 Å². The molecule has 430 valence electrons. The molecule has 12 nitrogen and oxygen atoms in total. The average Bonchev–Trinajstić information content (AvgIpc) is 3.37. The maximum atomic E-state index is 13.2. The van der Waals surface area contributed by atoms with Crippen LogP contribution in [0.2, 0.25) is 0 Å². The number of carboxylic acids is 1. The summed E-state index contributed by atoms with van der Waals surface area (Å²) in [5.74, 6) is -3.07. The molecule has 1 heterocycles. The molecule has 1 fully saturated rings. The van der Waals surface area contributed by atoms with E-state index in [1.54, 1.807) is 0 Å². The molecule has 1 aliphatic rings. The van der Waals surface area contributed by atoms with Crippen LogP contribution in [0.15, 0.2) is 0 Å². The minimum atomic E-state index is -1.89. The van der Waals surface area contributed by atoms with E-state index >= 15 is 0 Å². The zero-order chi connectivity index (χ0) is 53.3. The Morgan fingerprint density at radius 2 is 0.699 bits per heavy atom. The van der Waals surface area contributed by atoms with Crippen molar-refractivity contribution >= 4 is 23.9 Å². The summed E-state index contributed by atoms with van der Waals surface area (Å²) in [5.41, 5.74) is 0. The Morgan fingerprint density at radius 3 is 1.03 bits per heavy atom. The number of esters is 3. The first-order chi connectivity index (χ1) is 35.6. The molecular formula is C61H114O12. The van der Waals surface area contributed by atoms with Gasteiger partial charge in [0.15, 0.2) is 24.6 Å². The second kappa shape index (κ2) is 50.5. The van der Waals surface area contributed by atoms with E-state index in [-0.39, 0.29) is 25.9 Å². The molecule has 0 saturated carbocycles. The molecule has 1 rings (SSSR count). The number of carbonyl (C=O) groups excluding carboxylic acids is 3. The average molecular weight is 1040 g/mol. The van der Waals surface area contributed by atoms with Crippen molar-refractivity contribution in [1.82, 2.24) is 0 Å². The summed E-state index contributed by atoms with van der Waals surface area (Å²) in [6, 6.07) is 0. The van der Waals surface area contributed by atoms with Crippen molar-refractivity contribution in [3.8, 4) is 0 Å². The molecule has 1 saturated heterocycles. The smallest absolute Gasteiger partial charge is 0.335 e. The lowest BCUT2D eigenvalue weighted by molar-refractivity contribution is -0.301. The third-order valence-corrected chi connectivity index (χ3v) is 14.7. The van der Waals surface area contributed by atoms with Crippen molar-refractivity contribution < 1.29 is 58.2 Å². The van der Waals surface area contributed by atoms with Gasteiger partial charge in [0.25, 0.3) is 0 Å². The van der Waals surface area contributed by atoms with Crippen LogP contribution in [0.4, 0.5) is 0 Å². The summed E-state index contributed by atoms with van der Waals surface area (Å²) in [5, 5.41) is 31.4. The van der Waals surface area contributed by atoms with E-state index < -0.39 is 67.3 Å². The predicted octanol–water partition coefficient (Wildman–Crippen LogP) is 15.9. The lowest BCUT2D eigenvalue weighted by Gasteiger charge is -2.40. The highest BCUT2D eigenvalue weighted by molar-refractivity contribution is 5.74. The normalized spacial score (nSPS) is 18.2. The van der Waals surface area contributed by atoms with Gasteiger partial charge in [-0.05, 0) is 19.3 Å². The van der Waals surface area contributed by atoms with Gasteiger partial charge in [0.1, 0.15) is 18.8 Å². The quantitative estimate of drug-likeness (QED) is 0.0299. The van der Waals surface area contributed by atoms with Crippen LogP contribution >= 0.6 is 0 Å². The maximum Gasteiger partial charge on any atom is 0.335 e. The van der Waals surface area contributed by atoms with Crippen LogP contribution in [0, 0.1) is 0 Å². The second-order valence-corrected chi connectivity index (χ2v) is 21.7. The fourth-order valence-corrected chi connectivity index (χ4v) is 9.90. The summed E-state index contributed by atoms with van der Waals surface area (Å²) in [6.07, 6.45) is 42.3. The van der Waals surface area contributed by atoms with Crippen molar-refractivity contribution in [1.29, 1.82) is 0 Å². The van der Waals surface area contributed by atoms with E-state index in [1.807, 2.05) is 0 Å². The first-order valence-corrected chi connectivity index (χ1v) is 31.0. The number of unbranched alkanes of at least 4 members (excludes halogenated alkanes) is 40. The highest BCUT2D eigenvalue weighted by Gasteiger charge is 2.50. The van der Waals surface area contributed by atoms with Gasteiger partial charge in [-0.15, -0.1) is 0 Å². The molecule has 3 N–H and O–H groups in total. The van der Waals surface area contributed by atoms with Crippen molar-refractivity contribution in [3.63, 3.8) is 0 Å². The van der Waals surface area contributed by atoms with E-state index in [4.69, 9.17) is 23.7 Å². The van der Waals surface area contributed by atoms with Gasteiger partial charge in [-0.3, -0.25) is 14.4 Å². The largest absolute Gasteiger partial charge is 0.479 e. The van der Waals surface area contributed by atoms with Gasteiger partial charge in [-0.1, -0.05) is 278 Å². The van der Waals surface area contributed by atoms with E-state index in [1.165, 1.54) is 193 Å². The van der Waals surface area contributed by atoms with E-state index in [0.29, 0.717) is 19.3 Å². The van der Waals surface area contributed by atoms with Gasteiger partial charge < -0.3 is 39.0 Å². The minimum Gasteiger partial charge on any atom is -0.479 e. The molecule has 73 heavy (non-hydrogen) atoms. The number of rotatable bonds is 54. The van der Waals surface area contributed by atoms with Gasteiger partial charge >= 0.3 is 23.9 Å². The topological polar surface area (TPSA) is 175 Å². The molecule has 6 unspecified atom stereocenters. The van der Waals surface area contributed by atoms with Gasteiger partial charge in [0.2, 0.25) is 0 Å². The Bertz CT molecular complexity index is 1280. The maximum absolute atomic E-state index is 13.2. The second-order valence-electron chi connectivity index (χ2n) is 21.7. The monoisotopic (exact) mass is 1040 g/mol. The number of carbonyl (C=O) groups is 4. The number of aliphatic carboxylic acids is 1. The molecule has 0 spiro atoms. The van der Waals surface area contributed by atoms with Crippen molar-refractivity contribution in [2.45, 2.75) is 353 Å². The number of aliphatic hydroxyl groups excluding tert-OH is 2. The molecule has 0 amide bonds. The fraction of sp³-hybridized carbons (Fsp3) is 0.934. The zero-order valence-electron chi connectivity index (χ0n) is 47.4. The number of hydrogen-bond acceptors (Lipinski definition) is 11. The Morgan fingerprint density at radius 1 is 0.397 bits per heavy atom. The first-order valence-electron chi connectivity index (χ1n) is 31.0. The van der Waals surface area contributed by atoms with Gasteiger partial charge in [0.05, 0.1) is 6.61 Å². The Balaban J connectivity index is 2.62. The molecule has 0 radical (unpaired) electrons. The van der Waals surface area contributed by atoms with E-state index in [2.05, 4.69) is 20.8 Å². The number of aliphatic hydroxyl groups is 2. The van der Waals surface area contributed by atoms with Gasteiger partial charge in [-0.2, -0.15) is 0 Å². The summed E-state index contributed by atoms with van der Waals surface area (Å²) < 4.78 is 28.4. The zero-order valence-corrected chi connectivity index (χ0v) is 47.4. The Hall–Kier alpha value is -2.28. The summed E-state index contributed by atoms with van der Waals surface area (Å²) >= 11 is 0. The third-order valence-electron chi connectivity index (χ3n) is 14.7. The standard InChI is InChI=1S/C61H114O12/c1-4-7-10-13-16-19-21-23-25-27-29-31-33-36-38-41-44-47-53(62)69-50-52(71-54(63)48-45-42-40-37-34-32-30-28-26-24-22-20-17-14-11-8-5-2)51-70-61-59(57(66)56(65)58(73-61)60(67)68)72-55(64)49-46-43-39-35-18-15-12-9-6-3/h52,56-59,61,65-66H,4-51H2,1-3H3,(H,67,68). The van der Waals surface area contributed by atoms with Crippen LogP contribution in [0.3, 0.4) is 0 Å². The van der Waals surface area contributed by atoms with Gasteiger partial charge in [-0.25, -0.2) is 4.79 Å².